The molecule has 2 aromatic rings. The highest BCUT2D eigenvalue weighted by Crippen LogP contribution is 2.14. The van der Waals surface area contributed by atoms with Crippen molar-refractivity contribution in [3.05, 3.63) is 46.3 Å². The van der Waals surface area contributed by atoms with E-state index in [9.17, 15) is 0 Å². The van der Waals surface area contributed by atoms with Crippen LogP contribution in [0.2, 0.25) is 0 Å². The Balaban J connectivity index is 1.81. The maximum Gasteiger partial charge on any atom is 0.394 e. The average Bonchev–Trinajstić information content (AvgIpc) is 2.86. The van der Waals surface area contributed by atoms with Crippen LogP contribution in [0.4, 0.5) is 0 Å². The molecule has 0 radical (unpaired) electrons. The van der Waals surface area contributed by atoms with E-state index < -0.39 is 0 Å². The molecule has 102 valence electrons. The van der Waals surface area contributed by atoms with Crippen molar-refractivity contribution in [1.82, 2.24) is 10.3 Å². The number of nitrogens with zero attached hydrogens (tertiary/aromatic N) is 1. The molecular formula is C14H17BrN2O2. The first-order chi connectivity index (χ1) is 9.28. The van der Waals surface area contributed by atoms with Gasteiger partial charge in [0.15, 0.2) is 0 Å². The monoisotopic (exact) mass is 324 g/mol. The van der Waals surface area contributed by atoms with Crippen LogP contribution in [0.5, 0.6) is 6.08 Å². The molecule has 0 fully saturated rings. The number of halogens is 1. The largest absolute Gasteiger partial charge is 0.445 e. The Kier molecular flexibility index (Phi) is 5.42. The molecule has 1 heterocycles. The highest BCUT2D eigenvalue weighted by atomic mass is 79.9. The summed E-state index contributed by atoms with van der Waals surface area (Å²) in [5, 5.41) is 3.26. The second-order valence-corrected chi connectivity index (χ2v) is 5.11. The number of nitrogens with one attached hydrogen (secondary N) is 1. The van der Waals surface area contributed by atoms with E-state index in [4.69, 9.17) is 9.15 Å². The Labute approximate surface area is 121 Å². The molecule has 0 spiro atoms. The van der Waals surface area contributed by atoms with Gasteiger partial charge < -0.3 is 14.5 Å². The van der Waals surface area contributed by atoms with Crippen molar-refractivity contribution in [2.75, 3.05) is 6.54 Å². The van der Waals surface area contributed by atoms with Gasteiger partial charge in [0.05, 0.1) is 5.69 Å². The summed E-state index contributed by atoms with van der Waals surface area (Å²) in [6.45, 7) is 4.26. The minimum absolute atomic E-state index is 0.316. The van der Waals surface area contributed by atoms with Crippen molar-refractivity contribution in [2.24, 2.45) is 0 Å². The van der Waals surface area contributed by atoms with Gasteiger partial charge in [0.2, 0.25) is 0 Å². The van der Waals surface area contributed by atoms with Gasteiger partial charge in [-0.15, -0.1) is 0 Å². The van der Waals surface area contributed by atoms with E-state index in [2.05, 4.69) is 33.2 Å². The molecule has 1 aromatic heterocycles. The van der Waals surface area contributed by atoms with Gasteiger partial charge in [-0.05, 0) is 30.7 Å². The smallest absolute Gasteiger partial charge is 0.394 e. The van der Waals surface area contributed by atoms with E-state index in [1.165, 1.54) is 0 Å². The fourth-order valence-electron chi connectivity index (χ4n) is 1.55. The van der Waals surface area contributed by atoms with E-state index >= 15 is 0 Å². The van der Waals surface area contributed by atoms with Gasteiger partial charge in [-0.25, -0.2) is 0 Å². The van der Waals surface area contributed by atoms with Crippen LogP contribution >= 0.6 is 15.9 Å². The normalized spacial score (nSPS) is 10.6. The molecular weight excluding hydrogens is 308 g/mol. The van der Waals surface area contributed by atoms with Gasteiger partial charge >= 0.3 is 6.08 Å². The van der Waals surface area contributed by atoms with E-state index in [1.807, 2.05) is 24.3 Å². The molecule has 2 rings (SSSR count). The molecule has 0 unspecified atom stereocenters. The van der Waals surface area contributed by atoms with Crippen LogP contribution in [0.3, 0.4) is 0 Å². The molecule has 19 heavy (non-hydrogen) atoms. The van der Waals surface area contributed by atoms with Gasteiger partial charge in [-0.2, -0.15) is 4.98 Å². The Morgan fingerprint density at radius 3 is 2.84 bits per heavy atom. The third-order valence-corrected chi connectivity index (χ3v) is 3.07. The quantitative estimate of drug-likeness (QED) is 0.792. The van der Waals surface area contributed by atoms with Crippen molar-refractivity contribution in [3.8, 4) is 6.08 Å². The van der Waals surface area contributed by atoms with Crippen LogP contribution in [0.1, 0.15) is 24.6 Å². The summed E-state index contributed by atoms with van der Waals surface area (Å²) in [5.41, 5.74) is 1.94. The molecule has 1 aromatic carbocycles. The summed E-state index contributed by atoms with van der Waals surface area (Å²) in [4.78, 5) is 4.25. The molecule has 0 saturated carbocycles. The zero-order valence-corrected chi connectivity index (χ0v) is 12.4. The van der Waals surface area contributed by atoms with Gasteiger partial charge in [0, 0.05) is 11.0 Å². The lowest BCUT2D eigenvalue weighted by atomic mass is 10.2. The van der Waals surface area contributed by atoms with E-state index in [1.54, 1.807) is 6.26 Å². The Hall–Kier alpha value is -1.33. The first-order valence-electron chi connectivity index (χ1n) is 6.30. The molecule has 0 bridgehead atoms. The van der Waals surface area contributed by atoms with Crippen LogP contribution in [0, 0.1) is 0 Å². The SMILES string of the molecule is CCCNCc1coc(OCc2ccc(Br)cc2)n1. The van der Waals surface area contributed by atoms with Crippen molar-refractivity contribution in [2.45, 2.75) is 26.5 Å². The zero-order chi connectivity index (χ0) is 13.5. The molecule has 0 saturated heterocycles. The van der Waals surface area contributed by atoms with Crippen LogP contribution in [0.15, 0.2) is 39.4 Å². The number of hydrogen-bond acceptors (Lipinski definition) is 4. The van der Waals surface area contributed by atoms with Crippen LogP contribution in [-0.4, -0.2) is 11.5 Å². The molecule has 1 N–H and O–H groups in total. The second kappa shape index (κ2) is 7.31. The molecule has 0 aliphatic heterocycles. The lowest BCUT2D eigenvalue weighted by Gasteiger charge is -2.01. The molecule has 0 aliphatic carbocycles. The van der Waals surface area contributed by atoms with Crippen molar-refractivity contribution in [3.63, 3.8) is 0 Å². The van der Waals surface area contributed by atoms with Gasteiger partial charge in [-0.3, -0.25) is 0 Å². The Bertz CT molecular complexity index is 496. The molecule has 0 atom stereocenters. The minimum Gasteiger partial charge on any atom is -0.445 e. The fraction of sp³-hybridized carbons (Fsp3) is 0.357. The summed E-state index contributed by atoms with van der Waals surface area (Å²) in [7, 11) is 0. The summed E-state index contributed by atoms with van der Waals surface area (Å²) >= 11 is 3.40. The summed E-state index contributed by atoms with van der Waals surface area (Å²) in [5.74, 6) is 0. The van der Waals surface area contributed by atoms with Crippen molar-refractivity contribution >= 4 is 15.9 Å². The van der Waals surface area contributed by atoms with Gasteiger partial charge in [0.1, 0.15) is 12.9 Å². The molecule has 5 heteroatoms. The van der Waals surface area contributed by atoms with Crippen LogP contribution in [0.25, 0.3) is 0 Å². The number of hydrogen-bond donors (Lipinski definition) is 1. The first-order valence-corrected chi connectivity index (χ1v) is 7.09. The van der Waals surface area contributed by atoms with Crippen LogP contribution < -0.4 is 10.1 Å². The topological polar surface area (TPSA) is 47.3 Å². The Morgan fingerprint density at radius 1 is 1.32 bits per heavy atom. The third-order valence-electron chi connectivity index (χ3n) is 2.54. The molecule has 0 aliphatic rings. The third kappa shape index (κ3) is 4.69. The van der Waals surface area contributed by atoms with Crippen LogP contribution in [-0.2, 0) is 13.2 Å². The predicted molar refractivity (Wildman–Crippen MR) is 77.0 cm³/mol. The lowest BCUT2D eigenvalue weighted by Crippen LogP contribution is -2.13. The summed E-state index contributed by atoms with van der Waals surface area (Å²) < 4.78 is 11.8. The standard InChI is InChI=1S/C14H17BrN2O2/c1-2-7-16-8-13-10-19-14(17-13)18-9-11-3-5-12(15)6-4-11/h3-6,10,16H,2,7-9H2,1H3. The highest BCUT2D eigenvalue weighted by Gasteiger charge is 2.05. The van der Waals surface area contributed by atoms with E-state index in [0.717, 1.165) is 28.7 Å². The maximum absolute atomic E-state index is 5.50. The van der Waals surface area contributed by atoms with E-state index in [-0.39, 0.29) is 0 Å². The number of aromatic nitrogens is 1. The minimum atomic E-state index is 0.316. The Morgan fingerprint density at radius 2 is 2.11 bits per heavy atom. The molecule has 4 nitrogen and oxygen atoms in total. The second-order valence-electron chi connectivity index (χ2n) is 4.20. The van der Waals surface area contributed by atoms with Crippen molar-refractivity contribution < 1.29 is 9.15 Å². The first kappa shape index (κ1) is 14.1. The van der Waals surface area contributed by atoms with E-state index in [0.29, 0.717) is 19.2 Å². The number of ether oxygens (including phenoxy) is 1. The number of benzene rings is 1. The average molecular weight is 325 g/mol. The zero-order valence-electron chi connectivity index (χ0n) is 10.9. The predicted octanol–water partition coefficient (Wildman–Crippen LogP) is 3.52. The van der Waals surface area contributed by atoms with Gasteiger partial charge in [0.25, 0.3) is 0 Å². The molecule has 0 amide bonds. The summed E-state index contributed by atoms with van der Waals surface area (Å²) in [6, 6.07) is 7.95. The number of rotatable bonds is 7. The number of oxazole rings is 1. The summed E-state index contributed by atoms with van der Waals surface area (Å²) in [6.07, 6.45) is 3.04. The van der Waals surface area contributed by atoms with Gasteiger partial charge in [-0.1, -0.05) is 35.0 Å². The highest BCUT2D eigenvalue weighted by molar-refractivity contribution is 9.10. The lowest BCUT2D eigenvalue weighted by molar-refractivity contribution is 0.220. The van der Waals surface area contributed by atoms with Crippen molar-refractivity contribution in [1.29, 1.82) is 0 Å². The fourth-order valence-corrected chi connectivity index (χ4v) is 1.82. The maximum atomic E-state index is 5.50.